The van der Waals surface area contributed by atoms with Crippen LogP contribution in [-0.2, 0) is 6.54 Å². The molecule has 0 saturated carbocycles. The Labute approximate surface area is 189 Å². The number of carbonyl (C=O) groups is 1. The molecule has 1 saturated heterocycles. The van der Waals surface area contributed by atoms with Crippen molar-refractivity contribution < 1.29 is 4.79 Å². The highest BCUT2D eigenvalue weighted by atomic mass is 32.1. The SMILES string of the molecule is CCn1c(=O)n(-c2nc(C(=O)Nc3ccccc3N3CCNCC3)cs2)c2ccccc21. The van der Waals surface area contributed by atoms with E-state index in [1.807, 2.05) is 55.5 Å². The van der Waals surface area contributed by atoms with Gasteiger partial charge < -0.3 is 15.5 Å². The normalized spacial score (nSPS) is 14.1. The van der Waals surface area contributed by atoms with Crippen molar-refractivity contribution in [1.82, 2.24) is 19.4 Å². The first-order chi connectivity index (χ1) is 15.7. The zero-order valence-corrected chi connectivity index (χ0v) is 18.6. The lowest BCUT2D eigenvalue weighted by Gasteiger charge is -2.31. The molecule has 32 heavy (non-hydrogen) atoms. The van der Waals surface area contributed by atoms with Crippen LogP contribution in [0.4, 0.5) is 11.4 Å². The van der Waals surface area contributed by atoms with Crippen molar-refractivity contribution in [1.29, 1.82) is 0 Å². The van der Waals surface area contributed by atoms with Gasteiger partial charge in [0.05, 0.1) is 22.4 Å². The van der Waals surface area contributed by atoms with Gasteiger partial charge in [-0.2, -0.15) is 0 Å². The first-order valence-corrected chi connectivity index (χ1v) is 11.6. The highest BCUT2D eigenvalue weighted by molar-refractivity contribution is 7.12. The molecule has 1 aliphatic heterocycles. The Hall–Kier alpha value is -3.43. The number of amides is 1. The van der Waals surface area contributed by atoms with Crippen LogP contribution in [-0.4, -0.2) is 46.2 Å². The fraction of sp³-hybridized carbons (Fsp3) is 0.261. The van der Waals surface area contributed by atoms with Gasteiger partial charge in [-0.1, -0.05) is 24.3 Å². The number of carbonyl (C=O) groups excluding carboxylic acids is 1. The van der Waals surface area contributed by atoms with E-state index in [9.17, 15) is 9.59 Å². The van der Waals surface area contributed by atoms with E-state index in [0.29, 0.717) is 17.4 Å². The fourth-order valence-corrected chi connectivity index (χ4v) is 4.93. The topological polar surface area (TPSA) is 84.2 Å². The number of piperazine rings is 1. The number of imidazole rings is 1. The smallest absolute Gasteiger partial charge is 0.335 e. The van der Waals surface area contributed by atoms with Gasteiger partial charge in [-0.3, -0.25) is 9.36 Å². The van der Waals surface area contributed by atoms with Crippen molar-refractivity contribution >= 4 is 39.7 Å². The number of nitrogens with zero attached hydrogens (tertiary/aromatic N) is 4. The summed E-state index contributed by atoms with van der Waals surface area (Å²) in [5.41, 5.74) is 3.53. The van der Waals surface area contributed by atoms with Gasteiger partial charge in [-0.15, -0.1) is 11.3 Å². The second kappa shape index (κ2) is 8.60. The number of fused-ring (bicyclic) bond motifs is 1. The maximum absolute atomic E-state index is 13.0. The van der Waals surface area contributed by atoms with E-state index < -0.39 is 0 Å². The molecule has 9 heteroatoms. The number of thiazole rings is 1. The molecule has 2 N–H and O–H groups in total. The van der Waals surface area contributed by atoms with Crippen LogP contribution in [0.3, 0.4) is 0 Å². The Balaban J connectivity index is 1.45. The fourth-order valence-electron chi connectivity index (χ4n) is 4.12. The molecule has 3 heterocycles. The van der Waals surface area contributed by atoms with Crippen molar-refractivity contribution in [3.8, 4) is 5.13 Å². The minimum absolute atomic E-state index is 0.154. The molecule has 164 valence electrons. The third kappa shape index (κ3) is 3.59. The van der Waals surface area contributed by atoms with Crippen molar-refractivity contribution in [2.75, 3.05) is 36.4 Å². The Bertz CT molecular complexity index is 1330. The second-order valence-corrected chi connectivity index (χ2v) is 8.41. The van der Waals surface area contributed by atoms with E-state index in [2.05, 4.69) is 20.5 Å². The van der Waals surface area contributed by atoms with Crippen molar-refractivity contribution in [3.05, 3.63) is 70.1 Å². The minimum Gasteiger partial charge on any atom is -0.367 e. The Morgan fingerprint density at radius 1 is 1.09 bits per heavy atom. The number of aryl methyl sites for hydroxylation is 1. The average molecular weight is 449 g/mol. The van der Waals surface area contributed by atoms with Crippen LogP contribution < -0.4 is 21.2 Å². The summed E-state index contributed by atoms with van der Waals surface area (Å²) < 4.78 is 3.29. The van der Waals surface area contributed by atoms with Gasteiger partial charge in [0, 0.05) is 38.1 Å². The highest BCUT2D eigenvalue weighted by Gasteiger charge is 2.20. The molecule has 1 aliphatic rings. The van der Waals surface area contributed by atoms with E-state index in [0.717, 1.165) is 48.6 Å². The summed E-state index contributed by atoms with van der Waals surface area (Å²) in [5, 5.41) is 8.53. The van der Waals surface area contributed by atoms with Gasteiger partial charge in [0.2, 0.25) is 0 Å². The van der Waals surface area contributed by atoms with Crippen LogP contribution in [0.1, 0.15) is 17.4 Å². The molecule has 2 aromatic heterocycles. The third-order valence-corrected chi connectivity index (χ3v) is 6.50. The molecule has 0 bridgehead atoms. The van der Waals surface area contributed by atoms with E-state index in [4.69, 9.17) is 0 Å². The Kier molecular flexibility index (Phi) is 5.50. The van der Waals surface area contributed by atoms with Crippen LogP contribution in [0.25, 0.3) is 16.2 Å². The standard InChI is InChI=1S/C23H24N6O2S/c1-2-28-19-9-5-6-10-20(19)29(23(28)31)22-26-17(15-32-22)21(30)25-16-7-3-4-8-18(16)27-13-11-24-12-14-27/h3-10,15,24H,2,11-14H2,1H3,(H,25,30). The van der Waals surface area contributed by atoms with Gasteiger partial charge in [0.25, 0.3) is 5.91 Å². The Morgan fingerprint density at radius 2 is 1.81 bits per heavy atom. The molecule has 0 unspecified atom stereocenters. The van der Waals surface area contributed by atoms with Crippen LogP contribution in [0, 0.1) is 0 Å². The number of para-hydroxylation sites is 4. The molecule has 0 radical (unpaired) electrons. The first-order valence-electron chi connectivity index (χ1n) is 10.7. The first kappa shape index (κ1) is 20.5. The maximum atomic E-state index is 13.0. The van der Waals surface area contributed by atoms with Gasteiger partial charge in [-0.25, -0.2) is 14.3 Å². The molecule has 0 atom stereocenters. The molecule has 5 rings (SSSR count). The number of nitrogens with one attached hydrogen (secondary N) is 2. The largest absolute Gasteiger partial charge is 0.367 e. The quantitative estimate of drug-likeness (QED) is 0.491. The highest BCUT2D eigenvalue weighted by Crippen LogP contribution is 2.27. The lowest BCUT2D eigenvalue weighted by atomic mass is 10.2. The van der Waals surface area contributed by atoms with Crippen LogP contribution in [0.15, 0.2) is 58.7 Å². The summed E-state index contributed by atoms with van der Waals surface area (Å²) in [6, 6.07) is 15.4. The van der Waals surface area contributed by atoms with E-state index in [-0.39, 0.29) is 11.6 Å². The predicted octanol–water partition coefficient (Wildman–Crippen LogP) is 2.93. The monoisotopic (exact) mass is 448 g/mol. The molecule has 0 aliphatic carbocycles. The lowest BCUT2D eigenvalue weighted by molar-refractivity contribution is 0.102. The van der Waals surface area contributed by atoms with Gasteiger partial charge in [0.1, 0.15) is 5.69 Å². The second-order valence-electron chi connectivity index (χ2n) is 7.57. The summed E-state index contributed by atoms with van der Waals surface area (Å²) >= 11 is 1.29. The van der Waals surface area contributed by atoms with Crippen LogP contribution in [0.2, 0.25) is 0 Å². The van der Waals surface area contributed by atoms with Gasteiger partial charge in [-0.05, 0) is 31.2 Å². The molecule has 0 spiro atoms. The van der Waals surface area contributed by atoms with Gasteiger partial charge in [0.15, 0.2) is 5.13 Å². The van der Waals surface area contributed by atoms with Crippen LogP contribution >= 0.6 is 11.3 Å². The van der Waals surface area contributed by atoms with E-state index in [1.54, 1.807) is 14.5 Å². The maximum Gasteiger partial charge on any atom is 0.335 e. The average Bonchev–Trinajstić information content (AvgIpc) is 3.42. The summed E-state index contributed by atoms with van der Waals surface area (Å²) in [5.74, 6) is -0.289. The number of hydrogen-bond acceptors (Lipinski definition) is 6. The lowest BCUT2D eigenvalue weighted by Crippen LogP contribution is -2.43. The zero-order chi connectivity index (χ0) is 22.1. The molecule has 2 aromatic carbocycles. The number of aromatic nitrogens is 3. The minimum atomic E-state index is -0.289. The number of anilines is 2. The molecular formula is C23H24N6O2S. The molecular weight excluding hydrogens is 424 g/mol. The summed E-state index contributed by atoms with van der Waals surface area (Å²) in [4.78, 5) is 32.8. The van der Waals surface area contributed by atoms with Crippen molar-refractivity contribution in [2.45, 2.75) is 13.5 Å². The zero-order valence-electron chi connectivity index (χ0n) is 17.7. The van der Waals surface area contributed by atoms with Crippen LogP contribution in [0.5, 0.6) is 0 Å². The summed E-state index contributed by atoms with van der Waals surface area (Å²) in [7, 11) is 0. The summed E-state index contributed by atoms with van der Waals surface area (Å²) in [6.07, 6.45) is 0. The predicted molar refractivity (Wildman–Crippen MR) is 128 cm³/mol. The van der Waals surface area contributed by atoms with Crippen molar-refractivity contribution in [2.24, 2.45) is 0 Å². The Morgan fingerprint density at radius 3 is 2.59 bits per heavy atom. The van der Waals surface area contributed by atoms with Crippen molar-refractivity contribution in [3.63, 3.8) is 0 Å². The van der Waals surface area contributed by atoms with Gasteiger partial charge >= 0.3 is 5.69 Å². The number of rotatable bonds is 5. The molecule has 1 fully saturated rings. The van der Waals surface area contributed by atoms with E-state index in [1.165, 1.54) is 11.3 Å². The summed E-state index contributed by atoms with van der Waals surface area (Å²) in [6.45, 7) is 6.11. The molecule has 1 amide bonds. The number of benzene rings is 2. The molecule has 8 nitrogen and oxygen atoms in total. The molecule has 4 aromatic rings. The number of hydrogen-bond donors (Lipinski definition) is 2. The third-order valence-electron chi connectivity index (χ3n) is 5.68. The van der Waals surface area contributed by atoms with E-state index >= 15 is 0 Å².